The van der Waals surface area contributed by atoms with E-state index in [4.69, 9.17) is 11.5 Å². The number of unbranched alkanes of at least 4 members (excludes halogenated alkanes) is 1. The third-order valence-corrected chi connectivity index (χ3v) is 8.58. The molecule has 0 radical (unpaired) electrons. The molecular formula is C36H52BN5O6. The lowest BCUT2D eigenvalue weighted by molar-refractivity contribution is -0.138. The molecule has 0 saturated heterocycles. The molecule has 1 aliphatic rings. The first kappa shape index (κ1) is 38.6. The fraction of sp³-hybridized carbons (Fsp3) is 0.500. The molecule has 1 heterocycles. The molecule has 0 unspecified atom stereocenters. The van der Waals surface area contributed by atoms with Gasteiger partial charge in [-0.3, -0.25) is 19.2 Å². The van der Waals surface area contributed by atoms with Crippen LogP contribution in [0.2, 0.25) is 0 Å². The second-order valence-corrected chi connectivity index (χ2v) is 13.1. The molecule has 2 aromatic carbocycles. The van der Waals surface area contributed by atoms with E-state index in [0.717, 1.165) is 11.1 Å². The number of rotatable bonds is 19. The van der Waals surface area contributed by atoms with Crippen molar-refractivity contribution in [3.05, 3.63) is 83.3 Å². The molecule has 0 bridgehead atoms. The first-order valence-corrected chi connectivity index (χ1v) is 17.0. The fourth-order valence-corrected chi connectivity index (χ4v) is 5.98. The summed E-state index contributed by atoms with van der Waals surface area (Å²) >= 11 is 0. The van der Waals surface area contributed by atoms with E-state index in [1.807, 2.05) is 74.5 Å². The number of carbonyl (C=O) groups is 4. The first-order chi connectivity index (χ1) is 23.0. The minimum absolute atomic E-state index is 0.0565. The molecule has 0 aromatic heterocycles. The first-order valence-electron chi connectivity index (χ1n) is 17.0. The van der Waals surface area contributed by atoms with Gasteiger partial charge < -0.3 is 37.0 Å². The van der Waals surface area contributed by atoms with Crippen molar-refractivity contribution in [1.82, 2.24) is 15.5 Å². The molecule has 1 aliphatic heterocycles. The summed E-state index contributed by atoms with van der Waals surface area (Å²) in [6.07, 6.45) is 4.61. The van der Waals surface area contributed by atoms with Crippen LogP contribution in [-0.2, 0) is 32.0 Å². The lowest BCUT2D eigenvalue weighted by Crippen LogP contribution is -2.53. The number of hydrogen-bond acceptors (Lipinski definition) is 8. The molecule has 3 amide bonds. The second-order valence-electron chi connectivity index (χ2n) is 13.1. The summed E-state index contributed by atoms with van der Waals surface area (Å²) in [5.74, 6) is -2.15. The molecular weight excluding hydrogens is 609 g/mol. The van der Waals surface area contributed by atoms with Gasteiger partial charge in [-0.1, -0.05) is 80.6 Å². The van der Waals surface area contributed by atoms with E-state index in [2.05, 4.69) is 10.6 Å². The van der Waals surface area contributed by atoms with Crippen molar-refractivity contribution in [3.8, 4) is 0 Å². The zero-order valence-corrected chi connectivity index (χ0v) is 28.2. The average Bonchev–Trinajstić information content (AvgIpc) is 3.07. The normalized spacial score (nSPS) is 15.6. The molecule has 48 heavy (non-hydrogen) atoms. The summed E-state index contributed by atoms with van der Waals surface area (Å²) in [6.45, 7) is 4.81. The van der Waals surface area contributed by atoms with Gasteiger partial charge in [-0.05, 0) is 74.0 Å². The Morgan fingerprint density at radius 2 is 1.48 bits per heavy atom. The van der Waals surface area contributed by atoms with E-state index >= 15 is 0 Å². The molecule has 12 heteroatoms. The number of nitrogens with two attached hydrogens (primary N) is 2. The van der Waals surface area contributed by atoms with E-state index in [1.165, 1.54) is 4.90 Å². The standard InChI is InChI=1S/C36H52BN5O6/c1-25(2)20-28(34(44)40-31(17-9-10-18-38)36(46)42-19-11-16-29(24-42)37(47)48)23-33(43)32(22-27-14-7-4-8-15-27)41-35(45)30(39)21-26-12-5-3-6-13-26/h3-8,12-16,25,28,30-32,47-48H,9-11,17-24,38-39H2,1-2H3,(H,40,44)(H,41,45)/t28-,30+,31+,32+/m0/s1. The number of nitrogens with zero attached hydrogens (tertiary/aromatic N) is 1. The zero-order chi connectivity index (χ0) is 35.1. The highest BCUT2D eigenvalue weighted by Gasteiger charge is 2.34. The lowest BCUT2D eigenvalue weighted by Gasteiger charge is -2.32. The van der Waals surface area contributed by atoms with Crippen molar-refractivity contribution < 1.29 is 29.2 Å². The summed E-state index contributed by atoms with van der Waals surface area (Å²) in [6, 6.07) is 16.1. The number of Topliss-reactive ketones (excluding diaryl/α,β-unsaturated/α-hetero) is 1. The molecule has 2 aromatic rings. The predicted octanol–water partition coefficient (Wildman–Crippen LogP) is 1.69. The number of carbonyl (C=O) groups excluding carboxylic acids is 4. The highest BCUT2D eigenvalue weighted by molar-refractivity contribution is 6.51. The molecule has 3 rings (SSSR count). The maximum Gasteiger partial charge on any atom is 0.485 e. The van der Waals surface area contributed by atoms with Crippen LogP contribution in [-0.4, -0.2) is 83.3 Å². The maximum atomic E-state index is 14.0. The average molecular weight is 662 g/mol. The minimum Gasteiger partial charge on any atom is -0.423 e. The Balaban J connectivity index is 1.78. The Hall–Kier alpha value is -3.84. The van der Waals surface area contributed by atoms with Gasteiger partial charge in [-0.25, -0.2) is 0 Å². The Kier molecular flexibility index (Phi) is 16.0. The van der Waals surface area contributed by atoms with Gasteiger partial charge in [0.05, 0.1) is 12.1 Å². The minimum atomic E-state index is -1.66. The molecule has 4 atom stereocenters. The van der Waals surface area contributed by atoms with Gasteiger partial charge in [0, 0.05) is 25.4 Å². The molecule has 0 aliphatic carbocycles. The van der Waals surface area contributed by atoms with Crippen LogP contribution in [0.25, 0.3) is 0 Å². The summed E-state index contributed by atoms with van der Waals surface area (Å²) in [5.41, 5.74) is 14.1. The quantitative estimate of drug-likeness (QED) is 0.0969. The highest BCUT2D eigenvalue weighted by atomic mass is 16.4. The van der Waals surface area contributed by atoms with Crippen LogP contribution >= 0.6 is 0 Å². The van der Waals surface area contributed by atoms with Crippen LogP contribution in [0.3, 0.4) is 0 Å². The third kappa shape index (κ3) is 12.6. The Bertz CT molecular complexity index is 1360. The smallest absolute Gasteiger partial charge is 0.423 e. The van der Waals surface area contributed by atoms with Crippen LogP contribution in [0.5, 0.6) is 0 Å². The van der Waals surface area contributed by atoms with Crippen molar-refractivity contribution in [3.63, 3.8) is 0 Å². The van der Waals surface area contributed by atoms with Crippen molar-refractivity contribution in [2.45, 2.75) is 83.3 Å². The van der Waals surface area contributed by atoms with Gasteiger partial charge >= 0.3 is 7.12 Å². The molecule has 0 spiro atoms. The number of benzene rings is 2. The van der Waals surface area contributed by atoms with Crippen LogP contribution in [0.1, 0.15) is 63.5 Å². The van der Waals surface area contributed by atoms with E-state index in [9.17, 15) is 29.2 Å². The molecule has 8 N–H and O–H groups in total. The Morgan fingerprint density at radius 3 is 2.06 bits per heavy atom. The van der Waals surface area contributed by atoms with Gasteiger partial charge in [0.15, 0.2) is 5.78 Å². The number of nitrogens with one attached hydrogen (secondary N) is 2. The topological polar surface area (TPSA) is 188 Å². The Labute approximate surface area is 284 Å². The lowest BCUT2D eigenvalue weighted by atomic mass is 9.77. The predicted molar refractivity (Wildman–Crippen MR) is 187 cm³/mol. The highest BCUT2D eigenvalue weighted by Crippen LogP contribution is 2.21. The number of hydrogen-bond donors (Lipinski definition) is 6. The van der Waals surface area contributed by atoms with E-state index in [1.54, 1.807) is 6.08 Å². The SMILES string of the molecule is CC(C)C[C@@H](CC(=O)[C@@H](Cc1ccccc1)NC(=O)[C@H](N)Cc1ccccc1)C(=O)N[C@H](CCCCN)C(=O)N1CCC=C(B(O)O)C1. The van der Waals surface area contributed by atoms with Crippen LogP contribution < -0.4 is 22.1 Å². The van der Waals surface area contributed by atoms with Gasteiger partial charge in [-0.15, -0.1) is 0 Å². The summed E-state index contributed by atoms with van der Waals surface area (Å²) < 4.78 is 0. The zero-order valence-electron chi connectivity index (χ0n) is 28.2. The van der Waals surface area contributed by atoms with E-state index in [-0.39, 0.29) is 37.0 Å². The molecule has 11 nitrogen and oxygen atoms in total. The van der Waals surface area contributed by atoms with E-state index in [0.29, 0.717) is 57.1 Å². The van der Waals surface area contributed by atoms with Gasteiger partial charge in [0.25, 0.3) is 0 Å². The molecule has 0 fully saturated rings. The van der Waals surface area contributed by atoms with Gasteiger partial charge in [0.1, 0.15) is 6.04 Å². The summed E-state index contributed by atoms with van der Waals surface area (Å²) in [7, 11) is -1.66. The van der Waals surface area contributed by atoms with Gasteiger partial charge in [-0.2, -0.15) is 0 Å². The Morgan fingerprint density at radius 1 is 0.875 bits per heavy atom. The summed E-state index contributed by atoms with van der Waals surface area (Å²) in [5, 5.41) is 25.1. The second kappa shape index (κ2) is 19.9. The number of ketones is 1. The van der Waals surface area contributed by atoms with Gasteiger partial charge in [0.2, 0.25) is 17.7 Å². The van der Waals surface area contributed by atoms with Crippen molar-refractivity contribution in [1.29, 1.82) is 0 Å². The van der Waals surface area contributed by atoms with Crippen LogP contribution in [0, 0.1) is 11.8 Å². The number of amides is 3. The van der Waals surface area contributed by atoms with Crippen molar-refractivity contribution in [2.75, 3.05) is 19.6 Å². The molecule has 0 saturated carbocycles. The van der Waals surface area contributed by atoms with Crippen LogP contribution in [0.15, 0.2) is 72.2 Å². The van der Waals surface area contributed by atoms with E-state index < -0.39 is 43.0 Å². The summed E-state index contributed by atoms with van der Waals surface area (Å²) in [4.78, 5) is 56.3. The van der Waals surface area contributed by atoms with Crippen LogP contribution in [0.4, 0.5) is 0 Å². The van der Waals surface area contributed by atoms with Crippen molar-refractivity contribution in [2.24, 2.45) is 23.3 Å². The fourth-order valence-electron chi connectivity index (χ4n) is 5.98. The third-order valence-electron chi connectivity index (χ3n) is 8.58. The monoisotopic (exact) mass is 661 g/mol. The molecule has 260 valence electrons. The maximum absolute atomic E-state index is 14.0. The van der Waals surface area contributed by atoms with Crippen molar-refractivity contribution >= 4 is 30.6 Å². The largest absolute Gasteiger partial charge is 0.485 e.